The number of likely N-dealkylation sites (tertiary alicyclic amines) is 1. The van der Waals surface area contributed by atoms with E-state index in [2.05, 4.69) is 5.32 Å². The van der Waals surface area contributed by atoms with Gasteiger partial charge >= 0.3 is 0 Å². The average molecular weight is 310 g/mol. The monoisotopic (exact) mass is 309 g/mol. The molecule has 1 fully saturated rings. The number of rotatable bonds is 4. The average Bonchev–Trinajstić information content (AvgIpc) is 2.64. The fourth-order valence-corrected chi connectivity index (χ4v) is 2.55. The first kappa shape index (κ1) is 15.6. The molecule has 21 heavy (non-hydrogen) atoms. The van der Waals surface area contributed by atoms with Crippen molar-refractivity contribution in [2.24, 2.45) is 0 Å². The van der Waals surface area contributed by atoms with Crippen molar-refractivity contribution in [1.29, 1.82) is 0 Å². The summed E-state index contributed by atoms with van der Waals surface area (Å²) < 4.78 is 0. The van der Waals surface area contributed by atoms with Gasteiger partial charge < -0.3 is 16.0 Å². The molecule has 2 amide bonds. The smallest absolute Gasteiger partial charge is 0.226 e. The van der Waals surface area contributed by atoms with Crippen LogP contribution in [0.25, 0.3) is 0 Å². The van der Waals surface area contributed by atoms with Crippen molar-refractivity contribution in [3.05, 3.63) is 23.2 Å². The molecule has 1 aromatic carbocycles. The van der Waals surface area contributed by atoms with Gasteiger partial charge in [-0.25, -0.2) is 0 Å². The SMILES string of the molecule is Nc1cc(Cl)ccc1NC(=O)CCN1CCCCCC1=O. The fraction of sp³-hybridized carbons (Fsp3) is 0.467. The van der Waals surface area contributed by atoms with E-state index in [1.54, 1.807) is 23.1 Å². The number of amides is 2. The summed E-state index contributed by atoms with van der Waals surface area (Å²) >= 11 is 5.81. The van der Waals surface area contributed by atoms with Crippen molar-refractivity contribution < 1.29 is 9.59 Å². The van der Waals surface area contributed by atoms with Gasteiger partial charge in [-0.3, -0.25) is 9.59 Å². The number of hydrogen-bond donors (Lipinski definition) is 2. The van der Waals surface area contributed by atoms with Gasteiger partial charge in [-0.15, -0.1) is 0 Å². The van der Waals surface area contributed by atoms with Gasteiger partial charge in [-0.05, 0) is 31.0 Å². The lowest BCUT2D eigenvalue weighted by Gasteiger charge is -2.20. The zero-order valence-electron chi connectivity index (χ0n) is 11.9. The van der Waals surface area contributed by atoms with Crippen LogP contribution in [0.4, 0.5) is 11.4 Å². The third kappa shape index (κ3) is 4.63. The van der Waals surface area contributed by atoms with Crippen LogP contribution in [0, 0.1) is 0 Å². The molecule has 5 nitrogen and oxygen atoms in total. The summed E-state index contributed by atoms with van der Waals surface area (Å²) in [5, 5.41) is 3.28. The Hall–Kier alpha value is -1.75. The minimum atomic E-state index is -0.152. The first-order valence-corrected chi connectivity index (χ1v) is 7.57. The van der Waals surface area contributed by atoms with Crippen molar-refractivity contribution in [3.63, 3.8) is 0 Å². The Morgan fingerprint density at radius 1 is 1.33 bits per heavy atom. The molecular weight excluding hydrogens is 290 g/mol. The highest BCUT2D eigenvalue weighted by Gasteiger charge is 2.17. The summed E-state index contributed by atoms with van der Waals surface area (Å²) in [6.07, 6.45) is 3.90. The lowest BCUT2D eigenvalue weighted by Crippen LogP contribution is -2.33. The molecule has 0 unspecified atom stereocenters. The first-order valence-electron chi connectivity index (χ1n) is 7.19. The summed E-state index contributed by atoms with van der Waals surface area (Å²) in [6.45, 7) is 1.20. The molecule has 0 radical (unpaired) electrons. The number of nitrogen functional groups attached to an aromatic ring is 1. The normalized spacial score (nSPS) is 15.7. The third-order valence-corrected chi connectivity index (χ3v) is 3.80. The molecule has 0 saturated carbocycles. The van der Waals surface area contributed by atoms with Crippen LogP contribution in [0.5, 0.6) is 0 Å². The Balaban J connectivity index is 1.85. The Bertz CT molecular complexity index is 534. The minimum Gasteiger partial charge on any atom is -0.397 e. The van der Waals surface area contributed by atoms with Crippen LogP contribution in [0.1, 0.15) is 32.1 Å². The Morgan fingerprint density at radius 3 is 2.90 bits per heavy atom. The topological polar surface area (TPSA) is 75.4 Å². The lowest BCUT2D eigenvalue weighted by molar-refractivity contribution is -0.131. The molecule has 2 rings (SSSR count). The Kier molecular flexibility index (Phi) is 5.44. The number of nitrogens with zero attached hydrogens (tertiary/aromatic N) is 1. The van der Waals surface area contributed by atoms with E-state index in [4.69, 9.17) is 17.3 Å². The second kappa shape index (κ2) is 7.31. The molecule has 1 saturated heterocycles. The van der Waals surface area contributed by atoms with E-state index in [0.717, 1.165) is 25.8 Å². The number of carbonyl (C=O) groups is 2. The largest absolute Gasteiger partial charge is 0.397 e. The summed E-state index contributed by atoms with van der Waals surface area (Å²) in [5.41, 5.74) is 6.77. The van der Waals surface area contributed by atoms with E-state index in [0.29, 0.717) is 29.4 Å². The zero-order valence-corrected chi connectivity index (χ0v) is 12.7. The molecule has 114 valence electrons. The van der Waals surface area contributed by atoms with E-state index in [1.165, 1.54) is 0 Å². The number of anilines is 2. The van der Waals surface area contributed by atoms with Gasteiger partial charge in [-0.1, -0.05) is 18.0 Å². The number of nitrogens with two attached hydrogens (primary N) is 1. The molecule has 1 aromatic rings. The second-order valence-corrected chi connectivity index (χ2v) is 5.66. The van der Waals surface area contributed by atoms with Crippen LogP contribution in [-0.2, 0) is 9.59 Å². The van der Waals surface area contributed by atoms with Crippen LogP contribution in [0.2, 0.25) is 5.02 Å². The van der Waals surface area contributed by atoms with Crippen molar-refractivity contribution in [2.45, 2.75) is 32.1 Å². The van der Waals surface area contributed by atoms with Gasteiger partial charge in [0.05, 0.1) is 11.4 Å². The summed E-state index contributed by atoms with van der Waals surface area (Å²) in [6, 6.07) is 4.94. The fourth-order valence-electron chi connectivity index (χ4n) is 2.37. The molecule has 1 aliphatic rings. The molecule has 1 heterocycles. The Morgan fingerprint density at radius 2 is 2.14 bits per heavy atom. The van der Waals surface area contributed by atoms with Crippen LogP contribution >= 0.6 is 11.6 Å². The van der Waals surface area contributed by atoms with E-state index in [-0.39, 0.29) is 18.2 Å². The van der Waals surface area contributed by atoms with Gasteiger partial charge in [0, 0.05) is 31.0 Å². The summed E-state index contributed by atoms with van der Waals surface area (Å²) in [7, 11) is 0. The summed E-state index contributed by atoms with van der Waals surface area (Å²) in [4.78, 5) is 25.6. The highest BCUT2D eigenvalue weighted by atomic mass is 35.5. The number of hydrogen-bond acceptors (Lipinski definition) is 3. The zero-order chi connectivity index (χ0) is 15.2. The van der Waals surface area contributed by atoms with Crippen LogP contribution in [0.3, 0.4) is 0 Å². The third-order valence-electron chi connectivity index (χ3n) is 3.57. The highest BCUT2D eigenvalue weighted by molar-refractivity contribution is 6.31. The first-order chi connectivity index (χ1) is 10.1. The molecular formula is C15H20ClN3O2. The van der Waals surface area contributed by atoms with Crippen molar-refractivity contribution in [3.8, 4) is 0 Å². The van der Waals surface area contributed by atoms with Gasteiger partial charge in [0.15, 0.2) is 0 Å². The quantitative estimate of drug-likeness (QED) is 0.840. The highest BCUT2D eigenvalue weighted by Crippen LogP contribution is 2.22. The molecule has 0 aromatic heterocycles. The van der Waals surface area contributed by atoms with Gasteiger partial charge in [0.25, 0.3) is 0 Å². The van der Waals surface area contributed by atoms with Gasteiger partial charge in [0.2, 0.25) is 11.8 Å². The molecule has 0 atom stereocenters. The number of halogens is 1. The molecule has 6 heteroatoms. The number of carbonyl (C=O) groups excluding carboxylic acids is 2. The van der Waals surface area contributed by atoms with Gasteiger partial charge in [-0.2, -0.15) is 0 Å². The Labute approximate surface area is 129 Å². The number of benzene rings is 1. The van der Waals surface area contributed by atoms with E-state index < -0.39 is 0 Å². The van der Waals surface area contributed by atoms with E-state index in [1.807, 2.05) is 0 Å². The van der Waals surface area contributed by atoms with Gasteiger partial charge in [0.1, 0.15) is 0 Å². The van der Waals surface area contributed by atoms with Crippen molar-refractivity contribution in [1.82, 2.24) is 4.90 Å². The van der Waals surface area contributed by atoms with E-state index in [9.17, 15) is 9.59 Å². The maximum atomic E-state index is 11.9. The predicted molar refractivity (Wildman–Crippen MR) is 84.2 cm³/mol. The van der Waals surface area contributed by atoms with Crippen LogP contribution < -0.4 is 11.1 Å². The second-order valence-electron chi connectivity index (χ2n) is 5.22. The standard InChI is InChI=1S/C15H20ClN3O2/c16-11-5-6-13(12(17)10-11)18-14(20)7-9-19-8-3-1-2-4-15(19)21/h5-6,10H,1-4,7-9,17H2,(H,18,20). The maximum absolute atomic E-state index is 11.9. The lowest BCUT2D eigenvalue weighted by atomic mass is 10.2. The minimum absolute atomic E-state index is 0.145. The predicted octanol–water partition coefficient (Wildman–Crippen LogP) is 2.65. The number of nitrogens with one attached hydrogen (secondary N) is 1. The van der Waals surface area contributed by atoms with Crippen LogP contribution in [-0.4, -0.2) is 29.8 Å². The van der Waals surface area contributed by atoms with Crippen LogP contribution in [0.15, 0.2) is 18.2 Å². The molecule has 0 aliphatic carbocycles. The maximum Gasteiger partial charge on any atom is 0.226 e. The van der Waals surface area contributed by atoms with Crippen molar-refractivity contribution >= 4 is 34.8 Å². The van der Waals surface area contributed by atoms with E-state index >= 15 is 0 Å². The molecule has 1 aliphatic heterocycles. The molecule has 0 spiro atoms. The van der Waals surface area contributed by atoms with Crippen molar-refractivity contribution in [2.75, 3.05) is 24.1 Å². The molecule has 0 bridgehead atoms. The molecule has 3 N–H and O–H groups in total. The summed E-state index contributed by atoms with van der Waals surface area (Å²) in [5.74, 6) is -0.00706.